The second-order valence-electron chi connectivity index (χ2n) is 6.41. The standard InChI is InChI=1S/C17H24O/c1-13-9-10-16(14(11-13)12-18)17(2,3)15-7-5-4-6-8-15/h4-8,12-14,16H,9-11H2,1-3H3/t13-,14?,16-/m1/s1. The maximum Gasteiger partial charge on any atom is 0.123 e. The molecule has 1 fully saturated rings. The molecule has 1 aromatic rings. The van der Waals surface area contributed by atoms with E-state index in [0.29, 0.717) is 11.8 Å². The molecule has 0 radical (unpaired) electrons. The fraction of sp³-hybridized carbons (Fsp3) is 0.588. The summed E-state index contributed by atoms with van der Waals surface area (Å²) in [4.78, 5) is 11.4. The van der Waals surface area contributed by atoms with Crippen molar-refractivity contribution in [3.63, 3.8) is 0 Å². The predicted molar refractivity (Wildman–Crippen MR) is 75.5 cm³/mol. The predicted octanol–water partition coefficient (Wildman–Crippen LogP) is 4.22. The van der Waals surface area contributed by atoms with Crippen molar-refractivity contribution in [1.29, 1.82) is 0 Å². The van der Waals surface area contributed by atoms with E-state index in [1.165, 1.54) is 24.7 Å². The number of hydrogen-bond donors (Lipinski definition) is 0. The van der Waals surface area contributed by atoms with Gasteiger partial charge in [-0.05, 0) is 35.7 Å². The average molecular weight is 244 g/mol. The molecule has 1 saturated carbocycles. The van der Waals surface area contributed by atoms with Gasteiger partial charge in [-0.1, -0.05) is 57.5 Å². The Morgan fingerprint density at radius 3 is 2.44 bits per heavy atom. The van der Waals surface area contributed by atoms with Crippen LogP contribution in [-0.4, -0.2) is 6.29 Å². The molecule has 1 unspecified atom stereocenters. The molecule has 2 rings (SSSR count). The lowest BCUT2D eigenvalue weighted by molar-refractivity contribution is -0.115. The third-order valence-electron chi connectivity index (χ3n) is 4.78. The Bertz CT molecular complexity index is 393. The number of hydrogen-bond acceptors (Lipinski definition) is 1. The topological polar surface area (TPSA) is 17.1 Å². The summed E-state index contributed by atoms with van der Waals surface area (Å²) < 4.78 is 0. The van der Waals surface area contributed by atoms with Crippen LogP contribution >= 0.6 is 0 Å². The van der Waals surface area contributed by atoms with Gasteiger partial charge in [-0.2, -0.15) is 0 Å². The quantitative estimate of drug-likeness (QED) is 0.728. The molecule has 0 aromatic heterocycles. The summed E-state index contributed by atoms with van der Waals surface area (Å²) in [6.07, 6.45) is 4.69. The Morgan fingerprint density at radius 2 is 1.83 bits per heavy atom. The monoisotopic (exact) mass is 244 g/mol. The molecule has 1 aliphatic carbocycles. The molecule has 0 spiro atoms. The molecule has 18 heavy (non-hydrogen) atoms. The smallest absolute Gasteiger partial charge is 0.123 e. The van der Waals surface area contributed by atoms with Crippen LogP contribution in [0, 0.1) is 17.8 Å². The van der Waals surface area contributed by atoms with E-state index < -0.39 is 0 Å². The Hall–Kier alpha value is -1.11. The Morgan fingerprint density at radius 1 is 1.17 bits per heavy atom. The van der Waals surface area contributed by atoms with E-state index in [4.69, 9.17) is 0 Å². The molecule has 1 nitrogen and oxygen atoms in total. The molecule has 0 amide bonds. The van der Waals surface area contributed by atoms with Crippen molar-refractivity contribution < 1.29 is 4.79 Å². The lowest BCUT2D eigenvalue weighted by atomic mass is 9.61. The highest BCUT2D eigenvalue weighted by atomic mass is 16.1. The number of carbonyl (C=O) groups excluding carboxylic acids is 1. The van der Waals surface area contributed by atoms with Crippen molar-refractivity contribution in [3.05, 3.63) is 35.9 Å². The summed E-state index contributed by atoms with van der Waals surface area (Å²) in [7, 11) is 0. The van der Waals surface area contributed by atoms with E-state index in [0.717, 1.165) is 6.42 Å². The van der Waals surface area contributed by atoms with Gasteiger partial charge in [0.1, 0.15) is 6.29 Å². The molecule has 98 valence electrons. The SMILES string of the molecule is C[C@@H]1CC[C@@H](C(C)(C)c2ccccc2)C(C=O)C1. The van der Waals surface area contributed by atoms with E-state index in [1.54, 1.807) is 0 Å². The zero-order valence-electron chi connectivity index (χ0n) is 11.7. The summed E-state index contributed by atoms with van der Waals surface area (Å²) >= 11 is 0. The third-order valence-corrected chi connectivity index (χ3v) is 4.78. The van der Waals surface area contributed by atoms with Crippen LogP contribution in [0.5, 0.6) is 0 Å². The average Bonchev–Trinajstić information content (AvgIpc) is 2.39. The summed E-state index contributed by atoms with van der Waals surface area (Å²) in [6, 6.07) is 10.6. The largest absolute Gasteiger partial charge is 0.303 e. The first-order valence-electron chi connectivity index (χ1n) is 7.06. The van der Waals surface area contributed by atoms with Gasteiger partial charge in [0.2, 0.25) is 0 Å². The summed E-state index contributed by atoms with van der Waals surface area (Å²) in [5.74, 6) is 1.40. The summed E-state index contributed by atoms with van der Waals surface area (Å²) in [5.41, 5.74) is 1.45. The lowest BCUT2D eigenvalue weighted by Gasteiger charge is -2.42. The van der Waals surface area contributed by atoms with Gasteiger partial charge in [-0.15, -0.1) is 0 Å². The zero-order chi connectivity index (χ0) is 13.2. The lowest BCUT2D eigenvalue weighted by Crippen LogP contribution is -2.38. The molecule has 0 heterocycles. The molecule has 3 atom stereocenters. The van der Waals surface area contributed by atoms with Gasteiger partial charge in [-0.3, -0.25) is 0 Å². The van der Waals surface area contributed by atoms with Crippen LogP contribution in [0.15, 0.2) is 30.3 Å². The molecule has 1 aromatic carbocycles. The second-order valence-corrected chi connectivity index (χ2v) is 6.41. The van der Waals surface area contributed by atoms with Crippen molar-refractivity contribution in [2.24, 2.45) is 17.8 Å². The van der Waals surface area contributed by atoms with Crippen LogP contribution in [0.3, 0.4) is 0 Å². The number of carbonyl (C=O) groups is 1. The summed E-state index contributed by atoms with van der Waals surface area (Å²) in [5, 5.41) is 0. The van der Waals surface area contributed by atoms with Crippen molar-refractivity contribution in [3.8, 4) is 0 Å². The maximum atomic E-state index is 11.4. The van der Waals surface area contributed by atoms with Crippen LogP contribution in [0.2, 0.25) is 0 Å². The highest BCUT2D eigenvalue weighted by Gasteiger charge is 2.39. The Balaban J connectivity index is 2.26. The zero-order valence-corrected chi connectivity index (χ0v) is 11.7. The third kappa shape index (κ3) is 2.50. The van der Waals surface area contributed by atoms with Crippen molar-refractivity contribution in [2.45, 2.75) is 45.4 Å². The molecule has 0 aliphatic heterocycles. The fourth-order valence-corrected chi connectivity index (χ4v) is 3.55. The molecular formula is C17H24O. The van der Waals surface area contributed by atoms with Gasteiger partial charge in [0.05, 0.1) is 0 Å². The number of aldehydes is 1. The fourth-order valence-electron chi connectivity index (χ4n) is 3.55. The number of benzene rings is 1. The second kappa shape index (κ2) is 5.26. The van der Waals surface area contributed by atoms with Crippen molar-refractivity contribution >= 4 is 6.29 Å². The van der Waals surface area contributed by atoms with E-state index in [-0.39, 0.29) is 11.3 Å². The van der Waals surface area contributed by atoms with Crippen LogP contribution < -0.4 is 0 Å². The number of rotatable bonds is 3. The van der Waals surface area contributed by atoms with Gasteiger partial charge >= 0.3 is 0 Å². The van der Waals surface area contributed by atoms with E-state index in [2.05, 4.69) is 51.1 Å². The van der Waals surface area contributed by atoms with E-state index in [9.17, 15) is 4.79 Å². The van der Waals surface area contributed by atoms with Gasteiger partial charge in [0.15, 0.2) is 0 Å². The Kier molecular flexibility index (Phi) is 3.89. The molecule has 0 N–H and O–H groups in total. The first kappa shape index (κ1) is 13.3. The van der Waals surface area contributed by atoms with Crippen LogP contribution in [0.25, 0.3) is 0 Å². The van der Waals surface area contributed by atoms with Gasteiger partial charge in [-0.25, -0.2) is 0 Å². The molecular weight excluding hydrogens is 220 g/mol. The highest BCUT2D eigenvalue weighted by molar-refractivity contribution is 5.55. The van der Waals surface area contributed by atoms with E-state index >= 15 is 0 Å². The van der Waals surface area contributed by atoms with Crippen LogP contribution in [0.4, 0.5) is 0 Å². The minimum atomic E-state index is 0.0903. The Labute approximate surface area is 111 Å². The molecule has 0 bridgehead atoms. The molecule has 1 aliphatic rings. The van der Waals surface area contributed by atoms with Gasteiger partial charge in [0.25, 0.3) is 0 Å². The van der Waals surface area contributed by atoms with Gasteiger partial charge in [0, 0.05) is 5.92 Å². The highest BCUT2D eigenvalue weighted by Crippen LogP contribution is 2.44. The summed E-state index contributed by atoms with van der Waals surface area (Å²) in [6.45, 7) is 6.85. The van der Waals surface area contributed by atoms with Gasteiger partial charge < -0.3 is 4.79 Å². The normalized spacial score (nSPS) is 28.9. The first-order chi connectivity index (χ1) is 8.55. The van der Waals surface area contributed by atoms with Crippen molar-refractivity contribution in [1.82, 2.24) is 0 Å². The van der Waals surface area contributed by atoms with Crippen LogP contribution in [-0.2, 0) is 10.2 Å². The first-order valence-corrected chi connectivity index (χ1v) is 7.06. The molecule has 0 saturated heterocycles. The van der Waals surface area contributed by atoms with E-state index in [1.807, 2.05) is 0 Å². The minimum Gasteiger partial charge on any atom is -0.303 e. The van der Waals surface area contributed by atoms with Crippen molar-refractivity contribution in [2.75, 3.05) is 0 Å². The maximum absolute atomic E-state index is 11.4. The minimum absolute atomic E-state index is 0.0903. The van der Waals surface area contributed by atoms with Crippen LogP contribution in [0.1, 0.15) is 45.6 Å². The molecule has 1 heteroatoms.